The molecule has 2 heterocycles. The number of pyridine rings is 1. The minimum absolute atomic E-state index is 0. The van der Waals surface area contributed by atoms with Gasteiger partial charge in [-0.05, 0) is 37.1 Å². The molecule has 0 aliphatic heterocycles. The van der Waals surface area contributed by atoms with E-state index >= 15 is 0 Å². The number of aromatic nitrogens is 3. The van der Waals surface area contributed by atoms with E-state index in [0.29, 0.717) is 43.9 Å². The van der Waals surface area contributed by atoms with Gasteiger partial charge in [0.2, 0.25) is 0 Å². The molecule has 0 unspecified atom stereocenters. The number of urea groups is 1. The van der Waals surface area contributed by atoms with Crippen molar-refractivity contribution in [3.8, 4) is 0 Å². The predicted octanol–water partition coefficient (Wildman–Crippen LogP) is 5.47. The van der Waals surface area contributed by atoms with Crippen LogP contribution in [-0.2, 0) is 23.9 Å². The number of methoxy groups -OCH3 is 1. The number of benzene rings is 2. The van der Waals surface area contributed by atoms with Gasteiger partial charge in [-0.2, -0.15) is 13.2 Å². The summed E-state index contributed by atoms with van der Waals surface area (Å²) >= 11 is 0. The summed E-state index contributed by atoms with van der Waals surface area (Å²) in [6.07, 6.45) is -2.49. The van der Waals surface area contributed by atoms with Crippen LogP contribution >= 0.6 is 0 Å². The highest BCUT2D eigenvalue weighted by Crippen LogP contribution is 2.31. The number of nitrogens with zero attached hydrogens (tertiary/aromatic N) is 3. The van der Waals surface area contributed by atoms with Gasteiger partial charge in [-0.3, -0.25) is 0 Å². The number of carbonyl (C=O) groups excluding carboxylic acids is 1. The number of rotatable bonds is 9. The highest BCUT2D eigenvalue weighted by molar-refractivity contribution is 6.06. The Balaban J connectivity index is 0.00000253. The summed E-state index contributed by atoms with van der Waals surface area (Å²) in [4.78, 5) is 21.4. The average Bonchev–Trinajstić information content (AvgIpc) is 3.21. The Morgan fingerprint density at radius 1 is 1.14 bits per heavy atom. The molecule has 0 bridgehead atoms. The van der Waals surface area contributed by atoms with Crippen LogP contribution < -0.4 is 16.4 Å². The van der Waals surface area contributed by atoms with Crippen LogP contribution in [0.25, 0.3) is 21.9 Å². The van der Waals surface area contributed by atoms with Crippen molar-refractivity contribution >= 4 is 39.5 Å². The van der Waals surface area contributed by atoms with Gasteiger partial charge in [-0.25, -0.2) is 14.8 Å². The van der Waals surface area contributed by atoms with E-state index in [-0.39, 0.29) is 8.54 Å². The maximum absolute atomic E-state index is 12.9. The number of para-hydroxylation sites is 1. The third kappa shape index (κ3) is 5.68. The third-order valence-electron chi connectivity index (χ3n) is 5.76. The van der Waals surface area contributed by atoms with Crippen molar-refractivity contribution < 1.29 is 25.6 Å². The van der Waals surface area contributed by atoms with Gasteiger partial charge < -0.3 is 25.7 Å². The van der Waals surface area contributed by atoms with Crippen LogP contribution in [0.2, 0.25) is 0 Å². The number of nitrogens with one attached hydrogen (secondary N) is 2. The Kier molecular flexibility index (Phi) is 7.58. The molecule has 0 aliphatic rings. The lowest BCUT2D eigenvalue weighted by Crippen LogP contribution is -2.29. The van der Waals surface area contributed by atoms with E-state index in [1.807, 2.05) is 24.3 Å². The maximum atomic E-state index is 12.9. The van der Waals surface area contributed by atoms with E-state index in [9.17, 15) is 18.0 Å². The fourth-order valence-electron chi connectivity index (χ4n) is 4.08. The monoisotopic (exact) mass is 504 g/mol. The van der Waals surface area contributed by atoms with Crippen molar-refractivity contribution in [1.82, 2.24) is 19.9 Å². The standard InChI is InChI=1S/C25H27F3N6O2.2H2/c1-36-14-11-20-33-21-22(18-9-2-3-10-19(18)32-23(21)29)34(20)13-5-4-12-30-24(35)31-17-8-6-7-16(15-17)25(26,27)28;;/h2-3,6-10,15H,4-5,11-14H2,1H3,(H2,29,32)(H2,30,31,35);2*1H. The molecular weight excluding hydrogens is 473 g/mol. The second-order valence-corrected chi connectivity index (χ2v) is 8.30. The summed E-state index contributed by atoms with van der Waals surface area (Å²) in [6, 6.07) is 11.7. The Labute approximate surface area is 208 Å². The van der Waals surface area contributed by atoms with Crippen molar-refractivity contribution in [1.29, 1.82) is 0 Å². The van der Waals surface area contributed by atoms with Crippen LogP contribution in [0.3, 0.4) is 0 Å². The first kappa shape index (κ1) is 25.2. The highest BCUT2D eigenvalue weighted by atomic mass is 19.4. The lowest BCUT2D eigenvalue weighted by Gasteiger charge is -2.12. The topological polar surface area (TPSA) is 107 Å². The molecule has 36 heavy (non-hydrogen) atoms. The molecular formula is C25H31F3N6O2. The number of alkyl halides is 3. The summed E-state index contributed by atoms with van der Waals surface area (Å²) in [7, 11) is 1.63. The zero-order chi connectivity index (χ0) is 25.7. The first-order chi connectivity index (χ1) is 17.3. The largest absolute Gasteiger partial charge is 0.416 e. The molecule has 0 fully saturated rings. The van der Waals surface area contributed by atoms with Gasteiger partial charge in [0.05, 0.1) is 23.2 Å². The maximum Gasteiger partial charge on any atom is 0.416 e. The van der Waals surface area contributed by atoms with E-state index in [0.717, 1.165) is 40.8 Å². The van der Waals surface area contributed by atoms with Gasteiger partial charge >= 0.3 is 12.2 Å². The number of hydrogen-bond acceptors (Lipinski definition) is 5. The number of anilines is 2. The van der Waals surface area contributed by atoms with E-state index in [4.69, 9.17) is 15.5 Å². The smallest absolute Gasteiger partial charge is 0.384 e. The molecule has 0 radical (unpaired) electrons. The van der Waals surface area contributed by atoms with Crippen molar-refractivity contribution in [3.63, 3.8) is 0 Å². The van der Waals surface area contributed by atoms with Crippen LogP contribution in [0.1, 0.15) is 27.1 Å². The van der Waals surface area contributed by atoms with Gasteiger partial charge in [0, 0.05) is 40.5 Å². The number of halogens is 3. The van der Waals surface area contributed by atoms with E-state index in [1.165, 1.54) is 12.1 Å². The summed E-state index contributed by atoms with van der Waals surface area (Å²) < 4.78 is 45.9. The highest BCUT2D eigenvalue weighted by Gasteiger charge is 2.30. The number of ether oxygens (including phenoxy) is 1. The van der Waals surface area contributed by atoms with Crippen LogP contribution in [0.15, 0.2) is 48.5 Å². The number of amides is 2. The zero-order valence-electron chi connectivity index (χ0n) is 19.7. The third-order valence-corrected chi connectivity index (χ3v) is 5.76. The van der Waals surface area contributed by atoms with Gasteiger partial charge in [0.1, 0.15) is 11.3 Å². The van der Waals surface area contributed by atoms with Gasteiger partial charge in [-0.1, -0.05) is 24.3 Å². The second-order valence-electron chi connectivity index (χ2n) is 8.30. The fourth-order valence-corrected chi connectivity index (χ4v) is 4.08. The fraction of sp³-hybridized carbons (Fsp3) is 0.320. The molecule has 2 aromatic carbocycles. The van der Waals surface area contributed by atoms with Gasteiger partial charge in [-0.15, -0.1) is 0 Å². The molecule has 2 aromatic heterocycles. The van der Waals surface area contributed by atoms with Crippen LogP contribution in [0.5, 0.6) is 0 Å². The molecule has 4 N–H and O–H groups in total. The molecule has 4 rings (SSSR count). The summed E-state index contributed by atoms with van der Waals surface area (Å²) in [6.45, 7) is 1.50. The zero-order valence-corrected chi connectivity index (χ0v) is 19.7. The minimum atomic E-state index is -4.47. The normalized spacial score (nSPS) is 11.8. The molecule has 0 atom stereocenters. The number of hydrogen-bond donors (Lipinski definition) is 3. The Morgan fingerprint density at radius 2 is 1.94 bits per heavy atom. The Hall–Kier alpha value is -3.86. The molecule has 194 valence electrons. The number of fused-ring (bicyclic) bond motifs is 3. The first-order valence-electron chi connectivity index (χ1n) is 11.5. The van der Waals surface area contributed by atoms with Crippen molar-refractivity contribution in [3.05, 3.63) is 59.9 Å². The van der Waals surface area contributed by atoms with Crippen molar-refractivity contribution in [2.24, 2.45) is 0 Å². The molecule has 0 saturated heterocycles. The van der Waals surface area contributed by atoms with Crippen molar-refractivity contribution in [2.75, 3.05) is 31.3 Å². The van der Waals surface area contributed by atoms with Crippen LogP contribution in [0, 0.1) is 0 Å². The molecule has 8 nitrogen and oxygen atoms in total. The van der Waals surface area contributed by atoms with Crippen molar-refractivity contribution in [2.45, 2.75) is 32.0 Å². The molecule has 11 heteroatoms. The minimum Gasteiger partial charge on any atom is -0.384 e. The van der Waals surface area contributed by atoms with Gasteiger partial charge in [0.25, 0.3) is 0 Å². The van der Waals surface area contributed by atoms with E-state index in [2.05, 4.69) is 20.2 Å². The number of nitrogens with two attached hydrogens (primary N) is 1. The number of nitrogen functional groups attached to an aromatic ring is 1. The number of unbranched alkanes of at least 4 members (excludes halogenated alkanes) is 1. The van der Waals surface area contributed by atoms with Crippen LogP contribution in [0.4, 0.5) is 29.5 Å². The summed E-state index contributed by atoms with van der Waals surface area (Å²) in [5.41, 5.74) is 7.82. The molecule has 2 amide bonds. The number of carbonyl (C=O) groups is 1. The quantitative estimate of drug-likeness (QED) is 0.262. The second kappa shape index (κ2) is 10.8. The lowest BCUT2D eigenvalue weighted by molar-refractivity contribution is -0.137. The molecule has 0 aliphatic carbocycles. The SMILES string of the molecule is COCCc1nc2c(N)nc3ccccc3c2n1CCCCNC(=O)Nc1cccc(C(F)(F)F)c1.[HH].[HH]. The number of imidazole rings is 1. The summed E-state index contributed by atoms with van der Waals surface area (Å²) in [5, 5.41) is 6.08. The predicted molar refractivity (Wildman–Crippen MR) is 137 cm³/mol. The molecule has 0 saturated carbocycles. The van der Waals surface area contributed by atoms with Crippen LogP contribution in [-0.4, -0.2) is 40.8 Å². The Bertz CT molecular complexity index is 1380. The number of aryl methyl sites for hydroxylation is 1. The molecule has 0 spiro atoms. The first-order valence-corrected chi connectivity index (χ1v) is 11.5. The Morgan fingerprint density at radius 3 is 2.72 bits per heavy atom. The van der Waals surface area contributed by atoms with E-state index in [1.54, 1.807) is 7.11 Å². The van der Waals surface area contributed by atoms with E-state index < -0.39 is 17.8 Å². The average molecular weight is 505 g/mol. The lowest BCUT2D eigenvalue weighted by atomic mass is 10.2. The summed E-state index contributed by atoms with van der Waals surface area (Å²) in [5.74, 6) is 1.21. The van der Waals surface area contributed by atoms with Gasteiger partial charge in [0.15, 0.2) is 5.82 Å². The molecule has 4 aromatic rings.